The molecular formula is C12H15ClN2O5. The lowest BCUT2D eigenvalue weighted by atomic mass is 10.1. The van der Waals surface area contributed by atoms with Crippen molar-refractivity contribution in [2.45, 2.75) is 0 Å². The topological polar surface area (TPSA) is 92.9 Å². The summed E-state index contributed by atoms with van der Waals surface area (Å²) >= 11 is 5.90. The molecule has 0 radical (unpaired) electrons. The first-order valence-electron chi connectivity index (χ1n) is 5.85. The molecule has 0 atom stereocenters. The maximum atomic E-state index is 12.4. The molecule has 20 heavy (non-hydrogen) atoms. The van der Waals surface area contributed by atoms with Gasteiger partial charge in [-0.2, -0.15) is 0 Å². The lowest BCUT2D eigenvalue weighted by Gasteiger charge is -2.21. The van der Waals surface area contributed by atoms with Crippen molar-refractivity contribution in [2.24, 2.45) is 0 Å². The summed E-state index contributed by atoms with van der Waals surface area (Å²) in [5, 5.41) is 20.0. The van der Waals surface area contributed by atoms with Gasteiger partial charge in [-0.05, 0) is 6.07 Å². The summed E-state index contributed by atoms with van der Waals surface area (Å²) in [6.45, 7) is 0.251. The smallest absolute Gasteiger partial charge is 0.283 e. The third-order valence-electron chi connectivity index (χ3n) is 2.62. The van der Waals surface area contributed by atoms with Crippen molar-refractivity contribution in [3.63, 3.8) is 0 Å². The molecule has 1 aromatic carbocycles. The summed E-state index contributed by atoms with van der Waals surface area (Å²) in [4.78, 5) is 23.9. The van der Waals surface area contributed by atoms with Crippen LogP contribution >= 0.6 is 11.6 Å². The number of nitro groups is 1. The molecule has 1 aromatic rings. The molecule has 8 heteroatoms. The minimum Gasteiger partial charge on any atom is -0.395 e. The number of hydrogen-bond acceptors (Lipinski definition) is 5. The standard InChI is InChI=1S/C12H15ClN2O5/c1-20-8-6-14(5-7-16)12(17)11-9(13)3-2-4-10(11)15(18)19/h2-4,16H,5-8H2,1H3. The van der Waals surface area contributed by atoms with Gasteiger partial charge in [0.2, 0.25) is 0 Å². The van der Waals surface area contributed by atoms with E-state index >= 15 is 0 Å². The molecule has 0 aliphatic rings. The van der Waals surface area contributed by atoms with E-state index in [1.165, 1.54) is 30.2 Å². The Hall–Kier alpha value is -1.70. The number of methoxy groups -OCH3 is 1. The number of nitrogens with zero attached hydrogens (tertiary/aromatic N) is 2. The van der Waals surface area contributed by atoms with Crippen LogP contribution in [0, 0.1) is 10.1 Å². The molecule has 1 N–H and O–H groups in total. The molecule has 110 valence electrons. The maximum absolute atomic E-state index is 12.4. The molecule has 0 aromatic heterocycles. The highest BCUT2D eigenvalue weighted by Crippen LogP contribution is 2.27. The molecule has 0 saturated carbocycles. The Balaban J connectivity index is 3.13. The molecule has 1 amide bonds. The Morgan fingerprint density at radius 2 is 2.20 bits per heavy atom. The van der Waals surface area contributed by atoms with E-state index in [0.717, 1.165) is 0 Å². The van der Waals surface area contributed by atoms with Crippen molar-refractivity contribution in [3.05, 3.63) is 38.9 Å². The van der Waals surface area contributed by atoms with Gasteiger partial charge in [-0.25, -0.2) is 0 Å². The number of rotatable bonds is 7. The van der Waals surface area contributed by atoms with Gasteiger partial charge in [0.1, 0.15) is 5.56 Å². The van der Waals surface area contributed by atoms with Crippen LogP contribution in [0.15, 0.2) is 18.2 Å². The first kappa shape index (κ1) is 16.4. The summed E-state index contributed by atoms with van der Waals surface area (Å²) in [5.74, 6) is -0.603. The minimum absolute atomic E-state index is 0.00422. The van der Waals surface area contributed by atoms with Crippen molar-refractivity contribution < 1.29 is 19.6 Å². The third kappa shape index (κ3) is 3.89. The van der Waals surface area contributed by atoms with Crippen LogP contribution in [0.5, 0.6) is 0 Å². The van der Waals surface area contributed by atoms with E-state index in [4.69, 9.17) is 21.4 Å². The molecule has 0 spiro atoms. The number of ether oxygens (including phenoxy) is 1. The summed E-state index contributed by atoms with van der Waals surface area (Å²) in [6.07, 6.45) is 0. The zero-order valence-electron chi connectivity index (χ0n) is 10.9. The Morgan fingerprint density at radius 3 is 2.75 bits per heavy atom. The van der Waals surface area contributed by atoms with Crippen molar-refractivity contribution in [2.75, 3.05) is 33.4 Å². The highest BCUT2D eigenvalue weighted by molar-refractivity contribution is 6.34. The zero-order valence-corrected chi connectivity index (χ0v) is 11.7. The van der Waals surface area contributed by atoms with Crippen LogP contribution in [-0.4, -0.2) is 54.3 Å². The molecular weight excluding hydrogens is 288 g/mol. The van der Waals surface area contributed by atoms with Crippen molar-refractivity contribution >= 4 is 23.2 Å². The molecule has 0 bridgehead atoms. The summed E-state index contributed by atoms with van der Waals surface area (Å²) in [5.41, 5.74) is -0.536. The molecule has 0 heterocycles. The molecule has 0 aliphatic carbocycles. The van der Waals surface area contributed by atoms with E-state index in [1.807, 2.05) is 0 Å². The summed E-state index contributed by atoms with van der Waals surface area (Å²) < 4.78 is 4.87. The van der Waals surface area contributed by atoms with Crippen LogP contribution < -0.4 is 0 Å². The second kappa shape index (κ2) is 7.78. The quantitative estimate of drug-likeness (QED) is 0.606. The van der Waals surface area contributed by atoms with Crippen LogP contribution in [0.4, 0.5) is 5.69 Å². The lowest BCUT2D eigenvalue weighted by molar-refractivity contribution is -0.385. The van der Waals surface area contributed by atoms with Gasteiger partial charge in [-0.3, -0.25) is 14.9 Å². The molecule has 7 nitrogen and oxygen atoms in total. The molecule has 0 aliphatic heterocycles. The summed E-state index contributed by atoms with van der Waals surface area (Å²) in [6, 6.07) is 4.03. The normalized spacial score (nSPS) is 10.3. The Labute approximate surface area is 120 Å². The zero-order chi connectivity index (χ0) is 15.1. The van der Waals surface area contributed by atoms with Crippen LogP contribution in [0.3, 0.4) is 0 Å². The second-order valence-electron chi connectivity index (χ2n) is 3.90. The number of hydrogen-bond donors (Lipinski definition) is 1. The minimum atomic E-state index is -0.660. The van der Waals surface area contributed by atoms with E-state index < -0.39 is 10.8 Å². The van der Waals surface area contributed by atoms with Crippen molar-refractivity contribution in [1.82, 2.24) is 4.90 Å². The van der Waals surface area contributed by atoms with E-state index in [2.05, 4.69) is 0 Å². The lowest BCUT2D eigenvalue weighted by Crippen LogP contribution is -2.36. The average Bonchev–Trinajstić information content (AvgIpc) is 2.42. The number of aliphatic hydroxyl groups excluding tert-OH is 1. The van der Waals surface area contributed by atoms with Crippen LogP contribution in [-0.2, 0) is 4.74 Å². The highest BCUT2D eigenvalue weighted by atomic mass is 35.5. The maximum Gasteiger partial charge on any atom is 0.283 e. The van der Waals surface area contributed by atoms with Gasteiger partial charge >= 0.3 is 0 Å². The molecule has 0 saturated heterocycles. The van der Waals surface area contributed by atoms with Crippen LogP contribution in [0.1, 0.15) is 10.4 Å². The average molecular weight is 303 g/mol. The predicted molar refractivity (Wildman–Crippen MR) is 73.0 cm³/mol. The predicted octanol–water partition coefficient (Wildman–Crippen LogP) is 1.33. The number of carbonyl (C=O) groups is 1. The van der Waals surface area contributed by atoms with Gasteiger partial charge in [0, 0.05) is 26.3 Å². The van der Waals surface area contributed by atoms with Crippen molar-refractivity contribution in [1.29, 1.82) is 0 Å². The molecule has 0 fully saturated rings. The van der Waals surface area contributed by atoms with Crippen LogP contribution in [0.2, 0.25) is 5.02 Å². The fraction of sp³-hybridized carbons (Fsp3) is 0.417. The van der Waals surface area contributed by atoms with Crippen LogP contribution in [0.25, 0.3) is 0 Å². The summed E-state index contributed by atoms with van der Waals surface area (Å²) in [7, 11) is 1.47. The number of aliphatic hydroxyl groups is 1. The third-order valence-corrected chi connectivity index (χ3v) is 2.94. The van der Waals surface area contributed by atoms with Gasteiger partial charge in [0.15, 0.2) is 0 Å². The highest BCUT2D eigenvalue weighted by Gasteiger charge is 2.27. The van der Waals surface area contributed by atoms with E-state index in [0.29, 0.717) is 0 Å². The first-order valence-corrected chi connectivity index (χ1v) is 6.22. The first-order chi connectivity index (χ1) is 9.52. The van der Waals surface area contributed by atoms with E-state index in [1.54, 1.807) is 0 Å². The number of nitro benzene ring substituents is 1. The van der Waals surface area contributed by atoms with Gasteiger partial charge in [-0.15, -0.1) is 0 Å². The van der Waals surface area contributed by atoms with Crippen molar-refractivity contribution in [3.8, 4) is 0 Å². The van der Waals surface area contributed by atoms with Gasteiger partial charge in [-0.1, -0.05) is 17.7 Å². The number of amides is 1. The van der Waals surface area contributed by atoms with Gasteiger partial charge < -0.3 is 14.7 Å². The SMILES string of the molecule is COCCN(CCO)C(=O)c1c(Cl)cccc1[N+](=O)[O-]. The Bertz CT molecular complexity index is 495. The monoisotopic (exact) mass is 302 g/mol. The number of halogens is 1. The fourth-order valence-corrected chi connectivity index (χ4v) is 1.92. The molecule has 0 unspecified atom stereocenters. The van der Waals surface area contributed by atoms with Gasteiger partial charge in [0.25, 0.3) is 11.6 Å². The largest absolute Gasteiger partial charge is 0.395 e. The van der Waals surface area contributed by atoms with Gasteiger partial charge in [0.05, 0.1) is 23.2 Å². The Kier molecular flexibility index (Phi) is 6.37. The molecule has 1 rings (SSSR count). The van der Waals surface area contributed by atoms with E-state index in [-0.39, 0.29) is 42.6 Å². The number of benzene rings is 1. The second-order valence-corrected chi connectivity index (χ2v) is 4.31. The van der Waals surface area contributed by atoms with E-state index in [9.17, 15) is 14.9 Å². The fourth-order valence-electron chi connectivity index (χ4n) is 1.67. The Morgan fingerprint density at radius 1 is 1.50 bits per heavy atom. The number of carbonyl (C=O) groups excluding carboxylic acids is 1.